The van der Waals surface area contributed by atoms with Crippen LogP contribution in [0, 0.1) is 0 Å². The van der Waals surface area contributed by atoms with Gasteiger partial charge in [0.25, 0.3) is 0 Å². The summed E-state index contributed by atoms with van der Waals surface area (Å²) in [5.74, 6) is -0.435. The molecule has 2 unspecified atom stereocenters. The zero-order valence-electron chi connectivity index (χ0n) is 11.3. The van der Waals surface area contributed by atoms with Gasteiger partial charge in [0.2, 0.25) is 6.17 Å². The van der Waals surface area contributed by atoms with Crippen LogP contribution >= 0.6 is 0 Å². The van der Waals surface area contributed by atoms with E-state index in [2.05, 4.69) is 4.74 Å². The molecule has 0 bridgehead atoms. The number of aliphatic hydroxyl groups excluding tert-OH is 1. The quantitative estimate of drug-likeness (QED) is 0.806. The van der Waals surface area contributed by atoms with Crippen molar-refractivity contribution in [1.82, 2.24) is 0 Å². The van der Waals surface area contributed by atoms with Crippen molar-refractivity contribution in [3.63, 3.8) is 0 Å². The van der Waals surface area contributed by atoms with Crippen molar-refractivity contribution >= 4 is 5.97 Å². The molecule has 0 fully saturated rings. The summed E-state index contributed by atoms with van der Waals surface area (Å²) in [6.07, 6.45) is -3.59. The van der Waals surface area contributed by atoms with Crippen LogP contribution in [0.25, 0.3) is 0 Å². The van der Waals surface area contributed by atoms with Crippen molar-refractivity contribution < 1.29 is 23.8 Å². The van der Waals surface area contributed by atoms with E-state index in [-0.39, 0.29) is 12.7 Å². The van der Waals surface area contributed by atoms with Crippen LogP contribution in [0.2, 0.25) is 0 Å². The molecule has 0 aliphatic heterocycles. The summed E-state index contributed by atoms with van der Waals surface area (Å²) < 4.78 is 23.6. The summed E-state index contributed by atoms with van der Waals surface area (Å²) in [7, 11) is 0. The normalized spacial score (nSPS) is 14.0. The van der Waals surface area contributed by atoms with E-state index in [1.807, 2.05) is 13.8 Å². The minimum atomic E-state index is -2.09. The summed E-state index contributed by atoms with van der Waals surface area (Å²) in [5.41, 5.74) is 0.302. The van der Waals surface area contributed by atoms with Gasteiger partial charge < -0.3 is 14.6 Å². The number of hydrogen-bond donors (Lipinski definition) is 1. The number of esters is 1. The lowest BCUT2D eigenvalue weighted by Gasteiger charge is -2.16. The first-order chi connectivity index (χ1) is 8.95. The zero-order chi connectivity index (χ0) is 14.4. The van der Waals surface area contributed by atoms with Gasteiger partial charge in [-0.3, -0.25) is 0 Å². The van der Waals surface area contributed by atoms with Gasteiger partial charge in [-0.25, -0.2) is 9.18 Å². The molecule has 0 saturated heterocycles. The molecule has 4 nitrogen and oxygen atoms in total. The third-order valence-corrected chi connectivity index (χ3v) is 2.38. The van der Waals surface area contributed by atoms with Crippen molar-refractivity contribution in [2.45, 2.75) is 39.2 Å². The Bertz CT molecular complexity index is 402. The standard InChI is InChI=1S/C14H19FO4/c1-4-18-14(17)12(15)13(16)10-5-7-11(8-6-10)19-9(2)3/h5-9,12-13,16H,4H2,1-3H3. The fourth-order valence-corrected chi connectivity index (χ4v) is 1.54. The molecule has 1 N–H and O–H groups in total. The maximum absolute atomic E-state index is 13.6. The molecule has 0 saturated carbocycles. The van der Waals surface area contributed by atoms with Gasteiger partial charge in [0, 0.05) is 0 Å². The summed E-state index contributed by atoms with van der Waals surface area (Å²) in [6.45, 7) is 5.43. The molecule has 0 aliphatic rings. The molecule has 0 spiro atoms. The predicted molar refractivity (Wildman–Crippen MR) is 68.7 cm³/mol. The average molecular weight is 270 g/mol. The second-order valence-electron chi connectivity index (χ2n) is 4.33. The van der Waals surface area contributed by atoms with E-state index in [0.717, 1.165) is 0 Å². The van der Waals surface area contributed by atoms with E-state index in [1.54, 1.807) is 19.1 Å². The van der Waals surface area contributed by atoms with Gasteiger partial charge >= 0.3 is 5.97 Å². The lowest BCUT2D eigenvalue weighted by Crippen LogP contribution is -2.26. The van der Waals surface area contributed by atoms with Gasteiger partial charge in [-0.15, -0.1) is 0 Å². The fourth-order valence-electron chi connectivity index (χ4n) is 1.54. The summed E-state index contributed by atoms with van der Waals surface area (Å²) in [6, 6.07) is 6.29. The monoisotopic (exact) mass is 270 g/mol. The van der Waals surface area contributed by atoms with Crippen LogP contribution in [0.3, 0.4) is 0 Å². The smallest absolute Gasteiger partial charge is 0.343 e. The highest BCUT2D eigenvalue weighted by atomic mass is 19.1. The largest absolute Gasteiger partial charge is 0.491 e. The van der Waals surface area contributed by atoms with Crippen LogP contribution in [0.1, 0.15) is 32.4 Å². The first-order valence-corrected chi connectivity index (χ1v) is 6.21. The second kappa shape index (κ2) is 7.09. The number of carbonyl (C=O) groups excluding carboxylic acids is 1. The number of hydrogen-bond acceptors (Lipinski definition) is 4. The third kappa shape index (κ3) is 4.52. The van der Waals surface area contributed by atoms with Gasteiger partial charge in [-0.1, -0.05) is 12.1 Å². The molecule has 5 heteroatoms. The Labute approximate surface area is 112 Å². The Morgan fingerprint density at radius 1 is 1.32 bits per heavy atom. The van der Waals surface area contributed by atoms with E-state index in [9.17, 15) is 14.3 Å². The third-order valence-electron chi connectivity index (χ3n) is 2.38. The van der Waals surface area contributed by atoms with Crippen LogP contribution in [0.15, 0.2) is 24.3 Å². The first-order valence-electron chi connectivity index (χ1n) is 6.21. The Morgan fingerprint density at radius 2 is 1.89 bits per heavy atom. The zero-order valence-corrected chi connectivity index (χ0v) is 11.3. The molecule has 0 aliphatic carbocycles. The summed E-state index contributed by atoms with van der Waals surface area (Å²) >= 11 is 0. The van der Waals surface area contributed by atoms with Crippen molar-refractivity contribution in [1.29, 1.82) is 0 Å². The molecular weight excluding hydrogens is 251 g/mol. The van der Waals surface area contributed by atoms with Crippen LogP contribution in [0.4, 0.5) is 4.39 Å². The van der Waals surface area contributed by atoms with E-state index in [1.165, 1.54) is 12.1 Å². The van der Waals surface area contributed by atoms with Crippen molar-refractivity contribution in [3.8, 4) is 5.75 Å². The number of carbonyl (C=O) groups is 1. The Balaban J connectivity index is 2.71. The topological polar surface area (TPSA) is 55.8 Å². The van der Waals surface area contributed by atoms with Gasteiger partial charge in [-0.05, 0) is 38.5 Å². The molecule has 1 aromatic carbocycles. The minimum absolute atomic E-state index is 0.0317. The highest BCUT2D eigenvalue weighted by Crippen LogP contribution is 2.23. The van der Waals surface area contributed by atoms with E-state index < -0.39 is 18.2 Å². The Morgan fingerprint density at radius 3 is 2.37 bits per heavy atom. The first kappa shape index (κ1) is 15.4. The van der Waals surface area contributed by atoms with Crippen LogP contribution in [-0.2, 0) is 9.53 Å². The molecule has 0 amide bonds. The van der Waals surface area contributed by atoms with Gasteiger partial charge in [0.05, 0.1) is 12.7 Å². The number of aliphatic hydroxyl groups is 1. The summed E-state index contributed by atoms with van der Waals surface area (Å²) in [4.78, 5) is 11.2. The minimum Gasteiger partial charge on any atom is -0.491 e. The average Bonchev–Trinajstić information content (AvgIpc) is 2.37. The lowest BCUT2D eigenvalue weighted by molar-refractivity contribution is -0.153. The predicted octanol–water partition coefficient (Wildman–Crippen LogP) is 2.41. The number of rotatable bonds is 6. The van der Waals surface area contributed by atoms with Crippen molar-refractivity contribution in [2.24, 2.45) is 0 Å². The molecule has 1 rings (SSSR count). The van der Waals surface area contributed by atoms with E-state index in [0.29, 0.717) is 11.3 Å². The van der Waals surface area contributed by atoms with Gasteiger partial charge in [0.15, 0.2) is 0 Å². The molecule has 106 valence electrons. The Hall–Kier alpha value is -1.62. The maximum Gasteiger partial charge on any atom is 0.343 e. The number of benzene rings is 1. The number of ether oxygens (including phenoxy) is 2. The van der Waals surface area contributed by atoms with Crippen molar-refractivity contribution in [3.05, 3.63) is 29.8 Å². The molecule has 1 aromatic rings. The molecule has 0 heterocycles. The SMILES string of the molecule is CCOC(=O)C(F)C(O)c1ccc(OC(C)C)cc1. The fraction of sp³-hybridized carbons (Fsp3) is 0.500. The number of halogens is 1. The van der Waals surface area contributed by atoms with Crippen LogP contribution in [-0.4, -0.2) is 30.0 Å². The van der Waals surface area contributed by atoms with Crippen LogP contribution < -0.4 is 4.74 Å². The summed E-state index contributed by atoms with van der Waals surface area (Å²) in [5, 5.41) is 9.74. The van der Waals surface area contributed by atoms with Gasteiger partial charge in [0.1, 0.15) is 11.9 Å². The molecular formula is C14H19FO4. The van der Waals surface area contributed by atoms with Gasteiger partial charge in [-0.2, -0.15) is 0 Å². The Kier molecular flexibility index (Phi) is 5.76. The lowest BCUT2D eigenvalue weighted by atomic mass is 10.1. The number of alkyl halides is 1. The molecule has 0 aromatic heterocycles. The second-order valence-corrected chi connectivity index (χ2v) is 4.33. The van der Waals surface area contributed by atoms with E-state index >= 15 is 0 Å². The van der Waals surface area contributed by atoms with E-state index in [4.69, 9.17) is 4.74 Å². The maximum atomic E-state index is 13.6. The molecule has 2 atom stereocenters. The molecule has 19 heavy (non-hydrogen) atoms. The highest BCUT2D eigenvalue weighted by Gasteiger charge is 2.28. The highest BCUT2D eigenvalue weighted by molar-refractivity contribution is 5.75. The van der Waals surface area contributed by atoms with Crippen molar-refractivity contribution in [2.75, 3.05) is 6.61 Å². The van der Waals surface area contributed by atoms with Crippen LogP contribution in [0.5, 0.6) is 5.75 Å². The molecule has 0 radical (unpaired) electrons.